The SMILES string of the molecule is Cn1c(O)c(-c2ccc([N+](=O)[O-])cc2[N+](=O)[O-])c(=O)n(C)c1=O. The summed E-state index contributed by atoms with van der Waals surface area (Å²) >= 11 is 0. The van der Waals surface area contributed by atoms with Crippen molar-refractivity contribution in [1.82, 2.24) is 9.13 Å². The van der Waals surface area contributed by atoms with E-state index in [1.54, 1.807) is 0 Å². The van der Waals surface area contributed by atoms with E-state index in [9.17, 15) is 34.9 Å². The van der Waals surface area contributed by atoms with E-state index in [2.05, 4.69) is 0 Å². The highest BCUT2D eigenvalue weighted by atomic mass is 16.6. The van der Waals surface area contributed by atoms with Crippen LogP contribution in [0.1, 0.15) is 0 Å². The van der Waals surface area contributed by atoms with E-state index in [0.717, 1.165) is 23.7 Å². The van der Waals surface area contributed by atoms with Gasteiger partial charge in [0, 0.05) is 20.2 Å². The number of benzene rings is 1. The summed E-state index contributed by atoms with van der Waals surface area (Å²) in [6.45, 7) is 0. The Kier molecular flexibility index (Phi) is 3.70. The van der Waals surface area contributed by atoms with Crippen molar-refractivity contribution in [3.63, 3.8) is 0 Å². The average Bonchev–Trinajstić information content (AvgIpc) is 2.51. The van der Waals surface area contributed by atoms with E-state index in [4.69, 9.17) is 0 Å². The average molecular weight is 322 g/mol. The van der Waals surface area contributed by atoms with Crippen LogP contribution in [0, 0.1) is 20.2 Å². The maximum Gasteiger partial charge on any atom is 0.333 e. The van der Waals surface area contributed by atoms with Gasteiger partial charge in [-0.3, -0.25) is 34.2 Å². The predicted octanol–water partition coefficient (Wildman–Crippen LogP) is 0.273. The first kappa shape index (κ1) is 15.9. The Balaban J connectivity index is 2.94. The van der Waals surface area contributed by atoms with Crippen molar-refractivity contribution >= 4 is 11.4 Å². The van der Waals surface area contributed by atoms with Gasteiger partial charge in [-0.05, 0) is 6.07 Å². The minimum absolute atomic E-state index is 0.325. The van der Waals surface area contributed by atoms with Gasteiger partial charge in [0.15, 0.2) is 0 Å². The number of rotatable bonds is 3. The summed E-state index contributed by atoms with van der Waals surface area (Å²) in [7, 11) is 2.32. The number of aromatic nitrogens is 2. The van der Waals surface area contributed by atoms with E-state index >= 15 is 0 Å². The third kappa shape index (κ3) is 2.43. The van der Waals surface area contributed by atoms with Gasteiger partial charge in [-0.25, -0.2) is 4.79 Å². The van der Waals surface area contributed by atoms with Gasteiger partial charge in [0.05, 0.1) is 21.5 Å². The molecule has 2 aromatic rings. The molecule has 0 saturated carbocycles. The molecule has 1 aromatic carbocycles. The molecule has 0 aliphatic rings. The molecule has 1 N–H and O–H groups in total. The minimum Gasteiger partial charge on any atom is -0.494 e. The first-order valence-electron chi connectivity index (χ1n) is 6.09. The number of nitrogens with zero attached hydrogens (tertiary/aromatic N) is 4. The highest BCUT2D eigenvalue weighted by molar-refractivity contribution is 5.77. The lowest BCUT2D eigenvalue weighted by Gasteiger charge is -2.10. The molecular weight excluding hydrogens is 312 g/mol. The fourth-order valence-electron chi connectivity index (χ4n) is 2.07. The lowest BCUT2D eigenvalue weighted by atomic mass is 10.1. The van der Waals surface area contributed by atoms with Gasteiger partial charge in [-0.2, -0.15) is 0 Å². The molecule has 0 atom stereocenters. The Labute approximate surface area is 127 Å². The van der Waals surface area contributed by atoms with E-state index in [1.165, 1.54) is 7.05 Å². The van der Waals surface area contributed by atoms with Crippen LogP contribution in [0.4, 0.5) is 11.4 Å². The van der Waals surface area contributed by atoms with Crippen LogP contribution in [0.15, 0.2) is 27.8 Å². The number of non-ortho nitro benzene ring substituents is 1. The summed E-state index contributed by atoms with van der Waals surface area (Å²) in [5.41, 5.74) is -3.86. The van der Waals surface area contributed by atoms with E-state index in [-0.39, 0.29) is 5.56 Å². The molecule has 0 aliphatic heterocycles. The molecule has 0 amide bonds. The molecule has 23 heavy (non-hydrogen) atoms. The zero-order valence-corrected chi connectivity index (χ0v) is 11.9. The molecule has 2 rings (SSSR count). The fraction of sp³-hybridized carbons (Fsp3) is 0.167. The number of hydrogen-bond acceptors (Lipinski definition) is 7. The van der Waals surface area contributed by atoms with Gasteiger partial charge >= 0.3 is 5.69 Å². The van der Waals surface area contributed by atoms with Crippen molar-refractivity contribution < 1.29 is 15.0 Å². The molecule has 1 aromatic heterocycles. The quantitative estimate of drug-likeness (QED) is 0.629. The van der Waals surface area contributed by atoms with Crippen molar-refractivity contribution in [2.45, 2.75) is 0 Å². The van der Waals surface area contributed by atoms with Crippen LogP contribution in [0.3, 0.4) is 0 Å². The molecule has 11 heteroatoms. The lowest BCUT2D eigenvalue weighted by molar-refractivity contribution is -0.393. The predicted molar refractivity (Wildman–Crippen MR) is 77.3 cm³/mol. The summed E-state index contributed by atoms with van der Waals surface area (Å²) in [5, 5.41) is 31.9. The van der Waals surface area contributed by atoms with Crippen molar-refractivity contribution in [3.8, 4) is 17.0 Å². The minimum atomic E-state index is -0.956. The van der Waals surface area contributed by atoms with Crippen LogP contribution >= 0.6 is 0 Å². The number of aromatic hydroxyl groups is 1. The van der Waals surface area contributed by atoms with Crippen molar-refractivity contribution in [3.05, 3.63) is 59.3 Å². The summed E-state index contributed by atoms with van der Waals surface area (Å²) in [6.07, 6.45) is 0. The number of hydrogen-bond donors (Lipinski definition) is 1. The first-order valence-corrected chi connectivity index (χ1v) is 6.09. The molecule has 0 unspecified atom stereocenters. The van der Waals surface area contributed by atoms with Crippen molar-refractivity contribution in [2.24, 2.45) is 14.1 Å². The Bertz CT molecular complexity index is 957. The molecule has 0 aliphatic carbocycles. The van der Waals surface area contributed by atoms with Crippen LogP contribution < -0.4 is 11.2 Å². The monoisotopic (exact) mass is 322 g/mol. The normalized spacial score (nSPS) is 10.5. The summed E-state index contributed by atoms with van der Waals surface area (Å²) in [6, 6.07) is 2.63. The van der Waals surface area contributed by atoms with E-state index < -0.39 is 43.9 Å². The molecule has 0 bridgehead atoms. The van der Waals surface area contributed by atoms with Gasteiger partial charge in [-0.15, -0.1) is 0 Å². The summed E-state index contributed by atoms with van der Waals surface area (Å²) in [4.78, 5) is 44.0. The van der Waals surface area contributed by atoms with Gasteiger partial charge in [-0.1, -0.05) is 0 Å². The van der Waals surface area contributed by atoms with Crippen molar-refractivity contribution in [2.75, 3.05) is 0 Å². The molecular formula is C12H10N4O7. The highest BCUT2D eigenvalue weighted by Gasteiger charge is 2.26. The maximum atomic E-state index is 12.2. The summed E-state index contributed by atoms with van der Waals surface area (Å²) in [5.74, 6) is -0.768. The van der Waals surface area contributed by atoms with Crippen LogP contribution in [0.5, 0.6) is 5.88 Å². The highest BCUT2D eigenvalue weighted by Crippen LogP contribution is 2.34. The molecule has 0 saturated heterocycles. The van der Waals surface area contributed by atoms with Crippen LogP contribution in [-0.4, -0.2) is 24.1 Å². The molecule has 11 nitrogen and oxygen atoms in total. The molecule has 120 valence electrons. The van der Waals surface area contributed by atoms with Crippen LogP contribution in [-0.2, 0) is 14.1 Å². The second-order valence-electron chi connectivity index (χ2n) is 4.62. The molecule has 0 spiro atoms. The van der Waals surface area contributed by atoms with Crippen LogP contribution in [0.2, 0.25) is 0 Å². The Hall–Kier alpha value is -3.50. The van der Waals surface area contributed by atoms with E-state index in [0.29, 0.717) is 10.6 Å². The van der Waals surface area contributed by atoms with Crippen LogP contribution in [0.25, 0.3) is 11.1 Å². The fourth-order valence-corrected chi connectivity index (χ4v) is 2.07. The maximum absolute atomic E-state index is 12.2. The second kappa shape index (κ2) is 5.36. The number of nitro groups is 2. The van der Waals surface area contributed by atoms with E-state index in [1.807, 2.05) is 0 Å². The molecule has 0 radical (unpaired) electrons. The number of nitro benzene ring substituents is 2. The zero-order chi connectivity index (χ0) is 17.5. The standard InChI is InChI=1S/C12H10N4O7/c1-13-10(17)9(11(18)14(2)12(13)19)7-4-3-6(15(20)21)5-8(7)16(22)23/h3-5,17H,1-2H3. The van der Waals surface area contributed by atoms with Gasteiger partial charge in [0.2, 0.25) is 5.88 Å². The summed E-state index contributed by atoms with van der Waals surface area (Å²) < 4.78 is 1.40. The second-order valence-corrected chi connectivity index (χ2v) is 4.62. The van der Waals surface area contributed by atoms with Gasteiger partial charge in [0.25, 0.3) is 16.9 Å². The third-order valence-corrected chi connectivity index (χ3v) is 3.29. The molecule has 1 heterocycles. The first-order chi connectivity index (χ1) is 10.7. The Morgan fingerprint density at radius 1 is 1.04 bits per heavy atom. The topological polar surface area (TPSA) is 151 Å². The van der Waals surface area contributed by atoms with Gasteiger partial charge in [0.1, 0.15) is 5.56 Å². The Morgan fingerprint density at radius 2 is 1.65 bits per heavy atom. The largest absolute Gasteiger partial charge is 0.494 e. The lowest BCUT2D eigenvalue weighted by Crippen LogP contribution is -2.37. The van der Waals surface area contributed by atoms with Crippen molar-refractivity contribution in [1.29, 1.82) is 0 Å². The van der Waals surface area contributed by atoms with Gasteiger partial charge < -0.3 is 5.11 Å². The third-order valence-electron chi connectivity index (χ3n) is 3.29. The smallest absolute Gasteiger partial charge is 0.333 e. The Morgan fingerprint density at radius 3 is 2.17 bits per heavy atom. The zero-order valence-electron chi connectivity index (χ0n) is 11.9. The molecule has 0 fully saturated rings.